The van der Waals surface area contributed by atoms with Crippen LogP contribution in [-0.2, 0) is 13.3 Å². The summed E-state index contributed by atoms with van der Waals surface area (Å²) in [6, 6.07) is 12.7. The Bertz CT molecular complexity index is 1320. The molecule has 2 heterocycles. The first-order valence-corrected chi connectivity index (χ1v) is 10.2. The lowest BCUT2D eigenvalue weighted by Gasteiger charge is -2.07. The third kappa shape index (κ3) is 5.64. The van der Waals surface area contributed by atoms with Gasteiger partial charge in [-0.05, 0) is 29.8 Å². The average molecular weight is 488 g/mol. The minimum absolute atomic E-state index is 0.0582. The van der Waals surface area contributed by atoms with Crippen LogP contribution in [0.1, 0.15) is 16.1 Å². The quantitative estimate of drug-likeness (QED) is 0.293. The van der Waals surface area contributed by atoms with Crippen molar-refractivity contribution >= 4 is 40.7 Å². The predicted molar refractivity (Wildman–Crippen MR) is 119 cm³/mol. The topological polar surface area (TPSA) is 130 Å². The van der Waals surface area contributed by atoms with Gasteiger partial charge in [-0.25, -0.2) is 14.3 Å². The Morgan fingerprint density at radius 2 is 1.97 bits per heavy atom. The molecule has 0 saturated heterocycles. The largest absolute Gasteiger partial charge is 0.470 e. The van der Waals surface area contributed by atoms with Gasteiger partial charge in [0.25, 0.3) is 11.6 Å². The number of aromatic nitrogens is 5. The second kappa shape index (κ2) is 9.67. The molecule has 2 aromatic carbocycles. The van der Waals surface area contributed by atoms with E-state index in [1.54, 1.807) is 16.9 Å². The van der Waals surface area contributed by atoms with Crippen LogP contribution in [0.3, 0.4) is 0 Å². The van der Waals surface area contributed by atoms with E-state index in [-0.39, 0.29) is 34.8 Å². The summed E-state index contributed by atoms with van der Waals surface area (Å²) in [6.45, 7) is 0.387. The van der Waals surface area contributed by atoms with Crippen LogP contribution in [0.2, 0.25) is 10.0 Å². The van der Waals surface area contributed by atoms with Crippen molar-refractivity contribution in [2.24, 2.45) is 0 Å². The Hall–Kier alpha value is -3.96. The third-order valence-corrected chi connectivity index (χ3v) is 4.88. The van der Waals surface area contributed by atoms with Crippen LogP contribution in [-0.4, -0.2) is 35.4 Å². The fourth-order valence-electron chi connectivity index (χ4n) is 2.83. The molecule has 0 aliphatic carbocycles. The van der Waals surface area contributed by atoms with Crippen molar-refractivity contribution in [3.63, 3.8) is 0 Å². The summed E-state index contributed by atoms with van der Waals surface area (Å²) < 4.78 is 8.46. The van der Waals surface area contributed by atoms with Gasteiger partial charge in [-0.1, -0.05) is 35.3 Å². The highest BCUT2D eigenvalue weighted by Gasteiger charge is 2.14. The molecule has 0 bridgehead atoms. The fraction of sp³-hybridized carbons (Fsp3) is 0.100. The first-order chi connectivity index (χ1) is 15.9. The van der Waals surface area contributed by atoms with Crippen LogP contribution in [0, 0.1) is 10.1 Å². The van der Waals surface area contributed by atoms with Crippen LogP contribution >= 0.6 is 23.2 Å². The number of hydrogen-bond acceptors (Lipinski definition) is 7. The lowest BCUT2D eigenvalue weighted by molar-refractivity contribution is -0.384. The number of carbonyl (C=O) groups excluding carboxylic acids is 1. The highest BCUT2D eigenvalue weighted by molar-refractivity contribution is 6.32. The number of halogens is 2. The SMILES string of the molecule is O=C(Nc1ncn(Cc2cccc(Cl)c2)n1)c1ccn(COc2ccc([N+](=O)[O-])cc2Cl)n1. The first-order valence-electron chi connectivity index (χ1n) is 9.43. The van der Waals surface area contributed by atoms with E-state index in [2.05, 4.69) is 20.5 Å². The van der Waals surface area contributed by atoms with Crippen LogP contribution in [0.15, 0.2) is 61.1 Å². The maximum atomic E-state index is 12.4. The van der Waals surface area contributed by atoms with Crippen molar-refractivity contribution in [1.29, 1.82) is 0 Å². The van der Waals surface area contributed by atoms with Gasteiger partial charge in [-0.2, -0.15) is 5.10 Å². The maximum Gasteiger partial charge on any atom is 0.278 e. The molecule has 0 radical (unpaired) electrons. The van der Waals surface area contributed by atoms with Gasteiger partial charge in [0.1, 0.15) is 12.1 Å². The number of carbonyl (C=O) groups is 1. The lowest BCUT2D eigenvalue weighted by atomic mass is 10.2. The molecule has 33 heavy (non-hydrogen) atoms. The zero-order chi connectivity index (χ0) is 23.4. The Kier molecular flexibility index (Phi) is 6.52. The molecule has 4 aromatic rings. The summed E-state index contributed by atoms with van der Waals surface area (Å²) in [7, 11) is 0. The highest BCUT2D eigenvalue weighted by Crippen LogP contribution is 2.28. The first kappa shape index (κ1) is 22.2. The number of anilines is 1. The molecule has 168 valence electrons. The molecule has 11 nitrogen and oxygen atoms in total. The minimum atomic E-state index is -0.552. The number of non-ortho nitro benzene ring substituents is 1. The molecule has 0 spiro atoms. The van der Waals surface area contributed by atoms with Crippen molar-refractivity contribution in [3.05, 3.63) is 92.5 Å². The van der Waals surface area contributed by atoms with E-state index in [1.807, 2.05) is 18.2 Å². The second-order valence-electron chi connectivity index (χ2n) is 6.74. The molecule has 2 aromatic heterocycles. The molecule has 4 rings (SSSR count). The zero-order valence-electron chi connectivity index (χ0n) is 16.8. The molecule has 0 saturated carbocycles. The highest BCUT2D eigenvalue weighted by atomic mass is 35.5. The summed E-state index contributed by atoms with van der Waals surface area (Å²) in [4.78, 5) is 26.8. The van der Waals surface area contributed by atoms with Crippen LogP contribution in [0.25, 0.3) is 0 Å². The van der Waals surface area contributed by atoms with Crippen molar-refractivity contribution in [1.82, 2.24) is 24.5 Å². The van der Waals surface area contributed by atoms with E-state index in [4.69, 9.17) is 27.9 Å². The Labute approximate surface area is 196 Å². The molecule has 0 atom stereocenters. The minimum Gasteiger partial charge on any atom is -0.470 e. The number of amides is 1. The van der Waals surface area contributed by atoms with Crippen molar-refractivity contribution in [3.8, 4) is 5.75 Å². The lowest BCUT2D eigenvalue weighted by Crippen LogP contribution is -2.15. The van der Waals surface area contributed by atoms with E-state index < -0.39 is 10.8 Å². The van der Waals surface area contributed by atoms with E-state index in [9.17, 15) is 14.9 Å². The monoisotopic (exact) mass is 487 g/mol. The Morgan fingerprint density at radius 1 is 1.12 bits per heavy atom. The molecule has 0 aliphatic rings. The standard InChI is InChI=1S/C20H15Cl2N7O4/c21-14-3-1-2-13(8-14)10-28-11-23-20(26-28)24-19(30)17-6-7-27(25-17)12-33-18-5-4-15(29(31)32)9-16(18)22/h1-9,11H,10,12H2,(H,24,26,30). The van der Waals surface area contributed by atoms with E-state index in [0.29, 0.717) is 11.6 Å². The van der Waals surface area contributed by atoms with Gasteiger partial charge in [0.15, 0.2) is 12.4 Å². The molecule has 1 N–H and O–H groups in total. The van der Waals surface area contributed by atoms with Crippen LogP contribution in [0.5, 0.6) is 5.75 Å². The van der Waals surface area contributed by atoms with Crippen molar-refractivity contribution in [2.45, 2.75) is 13.3 Å². The molecule has 0 fully saturated rings. The van der Waals surface area contributed by atoms with Crippen LogP contribution < -0.4 is 10.1 Å². The van der Waals surface area contributed by atoms with Gasteiger partial charge in [0.2, 0.25) is 5.95 Å². The summed E-state index contributed by atoms with van der Waals surface area (Å²) in [5, 5.41) is 22.4. The van der Waals surface area contributed by atoms with Gasteiger partial charge >= 0.3 is 0 Å². The summed E-state index contributed by atoms with van der Waals surface area (Å²) >= 11 is 12.0. The Balaban J connectivity index is 1.34. The maximum absolute atomic E-state index is 12.4. The van der Waals surface area contributed by atoms with E-state index in [0.717, 1.165) is 5.56 Å². The summed E-state index contributed by atoms with van der Waals surface area (Å²) in [5.74, 6) is -0.119. The molecule has 1 amide bonds. The number of hydrogen-bond donors (Lipinski definition) is 1. The van der Waals surface area contributed by atoms with Gasteiger partial charge in [0.05, 0.1) is 16.5 Å². The van der Waals surface area contributed by atoms with Gasteiger partial charge in [-0.3, -0.25) is 20.2 Å². The van der Waals surface area contributed by atoms with Gasteiger partial charge < -0.3 is 4.74 Å². The predicted octanol–water partition coefficient (Wildman–Crippen LogP) is 4.03. The number of nitro groups is 1. The van der Waals surface area contributed by atoms with Crippen molar-refractivity contribution < 1.29 is 14.5 Å². The number of rotatable bonds is 8. The Morgan fingerprint density at radius 3 is 2.73 bits per heavy atom. The number of nitro benzene ring substituents is 1. The number of nitrogens with zero attached hydrogens (tertiary/aromatic N) is 6. The zero-order valence-corrected chi connectivity index (χ0v) is 18.3. The fourth-order valence-corrected chi connectivity index (χ4v) is 3.27. The molecular weight excluding hydrogens is 473 g/mol. The number of benzene rings is 2. The van der Waals surface area contributed by atoms with E-state index in [1.165, 1.54) is 35.3 Å². The number of ether oxygens (including phenoxy) is 1. The van der Waals surface area contributed by atoms with Crippen molar-refractivity contribution in [2.75, 3.05) is 5.32 Å². The molecular formula is C20H15Cl2N7O4. The van der Waals surface area contributed by atoms with Gasteiger partial charge in [0, 0.05) is 23.4 Å². The molecule has 0 unspecified atom stereocenters. The number of nitrogens with one attached hydrogen (secondary N) is 1. The third-order valence-electron chi connectivity index (χ3n) is 4.35. The van der Waals surface area contributed by atoms with E-state index >= 15 is 0 Å². The molecule has 0 aliphatic heterocycles. The summed E-state index contributed by atoms with van der Waals surface area (Å²) in [6.07, 6.45) is 3.04. The van der Waals surface area contributed by atoms with Gasteiger partial charge in [-0.15, -0.1) is 5.10 Å². The van der Waals surface area contributed by atoms with Crippen LogP contribution in [0.4, 0.5) is 11.6 Å². The average Bonchev–Trinajstić information content (AvgIpc) is 3.42. The normalized spacial score (nSPS) is 10.7. The second-order valence-corrected chi connectivity index (χ2v) is 7.58. The smallest absolute Gasteiger partial charge is 0.278 e. The summed E-state index contributed by atoms with van der Waals surface area (Å²) in [5.41, 5.74) is 0.922. The molecule has 13 heteroatoms.